The molecule has 2 aromatic carbocycles. The van der Waals surface area contributed by atoms with E-state index < -0.39 is 5.97 Å². The zero-order chi connectivity index (χ0) is 20.6. The van der Waals surface area contributed by atoms with Crippen molar-refractivity contribution >= 4 is 23.5 Å². The molecule has 2 amide bonds. The van der Waals surface area contributed by atoms with E-state index in [2.05, 4.69) is 12.2 Å². The van der Waals surface area contributed by atoms with Crippen LogP contribution in [0.25, 0.3) is 0 Å². The minimum Gasteiger partial charge on any atom is -0.423 e. The average molecular weight is 399 g/mol. The Kier molecular flexibility index (Phi) is 3.61. The third-order valence-electron chi connectivity index (χ3n) is 7.20. The third kappa shape index (κ3) is 2.44. The van der Waals surface area contributed by atoms with Crippen molar-refractivity contribution in [2.24, 2.45) is 35.5 Å². The number of benzene rings is 2. The fourth-order valence-corrected chi connectivity index (χ4v) is 5.83. The Hall–Kier alpha value is -3.21. The number of hydrogen-bond donors (Lipinski definition) is 0. The molecule has 150 valence electrons. The molecule has 30 heavy (non-hydrogen) atoms. The van der Waals surface area contributed by atoms with Crippen molar-refractivity contribution in [1.29, 1.82) is 0 Å². The molecule has 0 unspecified atom stereocenters. The highest BCUT2D eigenvalue weighted by Crippen LogP contribution is 2.65. The summed E-state index contributed by atoms with van der Waals surface area (Å²) in [7, 11) is 0. The van der Waals surface area contributed by atoms with Gasteiger partial charge in [-0.3, -0.25) is 9.59 Å². The number of rotatable bonds is 3. The number of imide groups is 1. The van der Waals surface area contributed by atoms with Gasteiger partial charge in [-0.2, -0.15) is 0 Å². The molecule has 1 heterocycles. The summed E-state index contributed by atoms with van der Waals surface area (Å²) < 4.78 is 5.47. The predicted octanol–water partition coefficient (Wildman–Crippen LogP) is 3.77. The summed E-state index contributed by atoms with van der Waals surface area (Å²) in [5.74, 6) is 0.689. The summed E-state index contributed by atoms with van der Waals surface area (Å²) in [6.07, 6.45) is 5.45. The van der Waals surface area contributed by atoms with Crippen molar-refractivity contribution in [1.82, 2.24) is 0 Å². The van der Waals surface area contributed by atoms with Crippen molar-refractivity contribution in [3.63, 3.8) is 0 Å². The van der Waals surface area contributed by atoms with Gasteiger partial charge in [0.15, 0.2) is 0 Å². The fraction of sp³-hybridized carbons (Fsp3) is 0.320. The van der Waals surface area contributed by atoms with E-state index in [9.17, 15) is 14.4 Å². The maximum absolute atomic E-state index is 13.3. The van der Waals surface area contributed by atoms with Gasteiger partial charge >= 0.3 is 5.97 Å². The summed E-state index contributed by atoms with van der Waals surface area (Å²) in [5, 5.41) is 0. The van der Waals surface area contributed by atoms with E-state index in [1.165, 1.54) is 4.90 Å². The average Bonchev–Trinajstić information content (AvgIpc) is 3.52. The van der Waals surface area contributed by atoms with Crippen LogP contribution in [-0.4, -0.2) is 17.8 Å². The smallest absolute Gasteiger partial charge is 0.343 e. The van der Waals surface area contributed by atoms with Gasteiger partial charge in [-0.25, -0.2) is 9.69 Å². The lowest BCUT2D eigenvalue weighted by Crippen LogP contribution is -2.40. The lowest BCUT2D eigenvalue weighted by Gasteiger charge is -2.37. The number of esters is 1. The Bertz CT molecular complexity index is 1100. The van der Waals surface area contributed by atoms with Gasteiger partial charge in [0.1, 0.15) is 5.75 Å². The second kappa shape index (κ2) is 6.14. The van der Waals surface area contributed by atoms with Crippen molar-refractivity contribution in [2.75, 3.05) is 4.90 Å². The molecule has 6 atom stereocenters. The van der Waals surface area contributed by atoms with Gasteiger partial charge in [-0.1, -0.05) is 30.4 Å². The van der Waals surface area contributed by atoms with Crippen LogP contribution in [0.5, 0.6) is 5.75 Å². The van der Waals surface area contributed by atoms with E-state index in [0.29, 0.717) is 28.8 Å². The molecule has 5 nitrogen and oxygen atoms in total. The summed E-state index contributed by atoms with van der Waals surface area (Å²) in [6.45, 7) is 1.92. The van der Waals surface area contributed by atoms with Crippen LogP contribution in [0.1, 0.15) is 22.3 Å². The van der Waals surface area contributed by atoms with Gasteiger partial charge < -0.3 is 4.74 Å². The van der Waals surface area contributed by atoms with E-state index in [4.69, 9.17) is 4.74 Å². The molecule has 0 N–H and O–H groups in total. The van der Waals surface area contributed by atoms with Crippen LogP contribution in [0.15, 0.2) is 60.7 Å². The number of allylic oxidation sites excluding steroid dienone is 2. The molecule has 1 aliphatic heterocycles. The quantitative estimate of drug-likeness (QED) is 0.341. The first kappa shape index (κ1) is 17.6. The molecule has 0 radical (unpaired) electrons. The lowest BCUT2D eigenvalue weighted by atomic mass is 9.63. The Morgan fingerprint density at radius 2 is 1.60 bits per heavy atom. The maximum Gasteiger partial charge on any atom is 0.343 e. The predicted molar refractivity (Wildman–Crippen MR) is 110 cm³/mol. The molecule has 0 spiro atoms. The normalized spacial score (nSPS) is 32.8. The number of carbonyl (C=O) groups excluding carboxylic acids is 3. The van der Waals surface area contributed by atoms with Crippen LogP contribution in [0.4, 0.5) is 5.69 Å². The molecule has 2 saturated carbocycles. The van der Waals surface area contributed by atoms with Crippen LogP contribution in [0.3, 0.4) is 0 Å². The first-order chi connectivity index (χ1) is 14.5. The number of carbonyl (C=O) groups is 3. The molecular formula is C25H21NO4. The zero-order valence-electron chi connectivity index (χ0n) is 16.5. The third-order valence-corrected chi connectivity index (χ3v) is 7.20. The highest BCUT2D eigenvalue weighted by molar-refractivity contribution is 6.23. The molecule has 3 fully saturated rings. The monoisotopic (exact) mass is 399 g/mol. The Morgan fingerprint density at radius 3 is 2.27 bits per heavy atom. The number of ether oxygens (including phenoxy) is 1. The van der Waals surface area contributed by atoms with Gasteiger partial charge in [0.2, 0.25) is 11.8 Å². The molecule has 7 rings (SSSR count). The van der Waals surface area contributed by atoms with Crippen LogP contribution < -0.4 is 9.64 Å². The van der Waals surface area contributed by atoms with Gasteiger partial charge in [-0.05, 0) is 72.9 Å². The minimum absolute atomic E-state index is 0.126. The summed E-state index contributed by atoms with van der Waals surface area (Å²) in [4.78, 5) is 40.5. The van der Waals surface area contributed by atoms with Crippen molar-refractivity contribution in [2.45, 2.75) is 13.3 Å². The molecular weight excluding hydrogens is 378 g/mol. The first-order valence-electron chi connectivity index (χ1n) is 10.5. The summed E-state index contributed by atoms with van der Waals surface area (Å²) >= 11 is 0. The maximum atomic E-state index is 13.3. The Balaban J connectivity index is 1.29. The largest absolute Gasteiger partial charge is 0.423 e. The molecule has 5 heteroatoms. The highest BCUT2D eigenvalue weighted by atomic mass is 16.5. The number of amides is 2. The number of nitrogens with zero attached hydrogens (tertiary/aromatic N) is 1. The van der Waals surface area contributed by atoms with E-state index in [1.807, 2.05) is 19.1 Å². The minimum atomic E-state index is -0.512. The van der Waals surface area contributed by atoms with E-state index in [0.717, 1.165) is 12.0 Å². The van der Waals surface area contributed by atoms with E-state index in [1.54, 1.807) is 36.4 Å². The first-order valence-corrected chi connectivity index (χ1v) is 10.5. The highest BCUT2D eigenvalue weighted by Gasteiger charge is 2.67. The number of anilines is 1. The second-order valence-corrected chi connectivity index (χ2v) is 8.92. The second-order valence-electron chi connectivity index (χ2n) is 8.92. The van der Waals surface area contributed by atoms with Gasteiger partial charge in [0, 0.05) is 0 Å². The van der Waals surface area contributed by atoms with Crippen LogP contribution in [-0.2, 0) is 9.59 Å². The summed E-state index contributed by atoms with van der Waals surface area (Å²) in [6, 6.07) is 13.9. The van der Waals surface area contributed by atoms with Crippen LogP contribution >= 0.6 is 0 Å². The van der Waals surface area contributed by atoms with Gasteiger partial charge in [-0.15, -0.1) is 0 Å². The molecule has 2 bridgehead atoms. The van der Waals surface area contributed by atoms with E-state index in [-0.39, 0.29) is 35.5 Å². The Labute approximate surface area is 174 Å². The van der Waals surface area contributed by atoms with Crippen LogP contribution in [0.2, 0.25) is 0 Å². The SMILES string of the molecule is Cc1cccc(OC(=O)c2cccc(N3C(=O)[C@@H]4[C@H]5C=C[C@@H]([C@@H]6C[C@H]56)[C@H]4C3=O)c2)c1. The van der Waals surface area contributed by atoms with E-state index >= 15 is 0 Å². The molecule has 0 aromatic heterocycles. The molecule has 1 saturated heterocycles. The molecule has 4 aliphatic carbocycles. The Morgan fingerprint density at radius 1 is 0.933 bits per heavy atom. The summed E-state index contributed by atoms with van der Waals surface area (Å²) in [5.41, 5.74) is 1.76. The molecule has 2 aromatic rings. The fourth-order valence-electron chi connectivity index (χ4n) is 5.83. The van der Waals surface area contributed by atoms with Crippen molar-refractivity contribution < 1.29 is 19.1 Å². The van der Waals surface area contributed by atoms with Crippen LogP contribution in [0, 0.1) is 42.4 Å². The molecule has 5 aliphatic rings. The standard InChI is InChI=1S/C25H21NO4/c1-13-4-2-7-16(10-13)30-25(29)14-5-3-6-15(11-14)26-23(27)21-17-8-9-18(20-12-19(17)20)22(21)24(26)28/h2-11,17-22H,12H2,1H3/t17-,18-,19-,20+,21+,22+/m0/s1. The lowest BCUT2D eigenvalue weighted by molar-refractivity contribution is -0.124. The zero-order valence-corrected chi connectivity index (χ0v) is 16.5. The number of hydrogen-bond acceptors (Lipinski definition) is 4. The van der Waals surface area contributed by atoms with Crippen molar-refractivity contribution in [3.05, 3.63) is 71.8 Å². The number of aryl methyl sites for hydroxylation is 1. The topological polar surface area (TPSA) is 63.7 Å². The van der Waals surface area contributed by atoms with Gasteiger partial charge in [0.05, 0.1) is 23.1 Å². The van der Waals surface area contributed by atoms with Crippen molar-refractivity contribution in [3.8, 4) is 5.75 Å². The van der Waals surface area contributed by atoms with Gasteiger partial charge in [0.25, 0.3) is 0 Å².